The molecule has 154 valence electrons. The number of aromatic nitrogens is 1. The van der Waals surface area contributed by atoms with Gasteiger partial charge in [0.2, 0.25) is 0 Å². The lowest BCUT2D eigenvalue weighted by Gasteiger charge is -2.41. The molecule has 0 saturated carbocycles. The molecule has 3 unspecified atom stereocenters. The molecule has 27 heavy (non-hydrogen) atoms. The van der Waals surface area contributed by atoms with Crippen LogP contribution in [0, 0.1) is 17.8 Å². The zero-order valence-corrected chi connectivity index (χ0v) is 18.7. The summed E-state index contributed by atoms with van der Waals surface area (Å²) in [6.45, 7) is 10.7. The van der Waals surface area contributed by atoms with Crippen LogP contribution in [0.2, 0.25) is 5.15 Å². The molecule has 3 atom stereocenters. The highest BCUT2D eigenvalue weighted by Gasteiger charge is 2.36. The summed E-state index contributed by atoms with van der Waals surface area (Å²) >= 11 is 7.79. The Balaban J connectivity index is 2.05. The maximum atomic E-state index is 12.4. The van der Waals surface area contributed by atoms with Crippen molar-refractivity contribution in [2.24, 2.45) is 23.5 Å². The molecular formula is C19H32ClN3O3S. The van der Waals surface area contributed by atoms with Crippen LogP contribution in [0.15, 0.2) is 0 Å². The number of nitrogens with two attached hydrogens (primary N) is 1. The smallest absolute Gasteiger partial charge is 0.411 e. The molecule has 1 aliphatic rings. The van der Waals surface area contributed by atoms with E-state index >= 15 is 0 Å². The number of methoxy groups -OCH3 is 1. The lowest BCUT2D eigenvalue weighted by molar-refractivity contribution is -0.000222. The first-order chi connectivity index (χ1) is 12.5. The molecule has 0 bridgehead atoms. The highest BCUT2D eigenvalue weighted by atomic mass is 35.5. The van der Waals surface area contributed by atoms with E-state index in [0.29, 0.717) is 34.6 Å². The van der Waals surface area contributed by atoms with Gasteiger partial charge in [-0.25, -0.2) is 4.79 Å². The summed E-state index contributed by atoms with van der Waals surface area (Å²) in [4.78, 5) is 19.3. The average molecular weight is 418 g/mol. The Morgan fingerprint density at radius 1 is 1.44 bits per heavy atom. The largest absolute Gasteiger partial charge is 0.473 e. The molecule has 1 aliphatic heterocycles. The number of hydrogen-bond donors (Lipinski definition) is 1. The van der Waals surface area contributed by atoms with Crippen molar-refractivity contribution in [3.63, 3.8) is 0 Å². The first-order valence-corrected chi connectivity index (χ1v) is 10.7. The van der Waals surface area contributed by atoms with E-state index in [1.165, 1.54) is 11.3 Å². The number of hydrogen-bond acceptors (Lipinski definition) is 6. The number of carbonyl (C=O) groups excluding carboxylic acids is 1. The van der Waals surface area contributed by atoms with Crippen molar-refractivity contribution >= 4 is 29.0 Å². The number of amides is 1. The Kier molecular flexibility index (Phi) is 7.39. The fourth-order valence-corrected chi connectivity index (χ4v) is 4.81. The third-order valence-corrected chi connectivity index (χ3v) is 6.46. The van der Waals surface area contributed by atoms with Gasteiger partial charge in [-0.15, -0.1) is 0 Å². The van der Waals surface area contributed by atoms with Crippen LogP contribution in [0.25, 0.3) is 0 Å². The van der Waals surface area contributed by atoms with Crippen molar-refractivity contribution < 1.29 is 14.3 Å². The van der Waals surface area contributed by atoms with Gasteiger partial charge in [-0.1, -0.05) is 36.8 Å². The Hall–Kier alpha value is -1.05. The van der Waals surface area contributed by atoms with E-state index in [9.17, 15) is 4.79 Å². The number of piperidine rings is 1. The van der Waals surface area contributed by atoms with Crippen LogP contribution in [-0.4, -0.2) is 41.4 Å². The van der Waals surface area contributed by atoms with E-state index in [1.807, 2.05) is 20.8 Å². The second kappa shape index (κ2) is 8.97. The molecule has 1 saturated heterocycles. The first kappa shape index (κ1) is 22.2. The molecule has 6 nitrogen and oxygen atoms in total. The molecule has 0 aliphatic carbocycles. The molecule has 1 fully saturated rings. The molecular weight excluding hydrogens is 386 g/mol. The summed E-state index contributed by atoms with van der Waals surface area (Å²) in [5.74, 6) is 1.31. The van der Waals surface area contributed by atoms with Gasteiger partial charge in [0.25, 0.3) is 5.19 Å². The Morgan fingerprint density at radius 3 is 2.59 bits per heavy atom. The fraction of sp³-hybridized carbons (Fsp3) is 0.789. The summed E-state index contributed by atoms with van der Waals surface area (Å²) in [6.07, 6.45) is 1.86. The molecule has 1 aromatic rings. The molecule has 2 heterocycles. The quantitative estimate of drug-likeness (QED) is 0.760. The standard InChI is InChI=1S/C19H32ClN3O3S/c1-11(2)13(10-14-16(20)22-17(25-6)27-14)12-7-8-23(15(21)9-12)18(24)26-19(3,4)5/h11-13,15H,7-10,21H2,1-6H3. The summed E-state index contributed by atoms with van der Waals surface area (Å²) in [6, 6.07) is 0. The second-order valence-electron chi connectivity index (χ2n) is 8.54. The van der Waals surface area contributed by atoms with Gasteiger partial charge in [0, 0.05) is 11.4 Å². The van der Waals surface area contributed by atoms with E-state index in [4.69, 9.17) is 26.8 Å². The minimum Gasteiger partial charge on any atom is -0.473 e. The van der Waals surface area contributed by atoms with Crippen molar-refractivity contribution in [1.29, 1.82) is 0 Å². The van der Waals surface area contributed by atoms with Gasteiger partial charge in [0.15, 0.2) is 0 Å². The van der Waals surface area contributed by atoms with Gasteiger partial charge >= 0.3 is 6.09 Å². The van der Waals surface area contributed by atoms with Crippen LogP contribution in [0.3, 0.4) is 0 Å². The van der Waals surface area contributed by atoms with Crippen LogP contribution in [0.1, 0.15) is 52.3 Å². The predicted octanol–water partition coefficient (Wildman–Crippen LogP) is 4.55. The van der Waals surface area contributed by atoms with Crippen LogP contribution >= 0.6 is 22.9 Å². The van der Waals surface area contributed by atoms with Gasteiger partial charge in [0.1, 0.15) is 10.8 Å². The number of rotatable bonds is 5. The SMILES string of the molecule is COc1nc(Cl)c(CC(C(C)C)C2CCN(C(=O)OC(C)(C)C)C(N)C2)s1. The molecule has 1 amide bonds. The van der Waals surface area contributed by atoms with Gasteiger partial charge in [-0.3, -0.25) is 4.90 Å². The second-order valence-corrected chi connectivity index (χ2v) is 9.94. The first-order valence-electron chi connectivity index (χ1n) is 9.46. The van der Waals surface area contributed by atoms with E-state index in [1.54, 1.807) is 12.0 Å². The molecule has 0 spiro atoms. The van der Waals surface area contributed by atoms with Crippen molar-refractivity contribution in [3.8, 4) is 5.19 Å². The van der Waals surface area contributed by atoms with E-state index in [0.717, 1.165) is 24.1 Å². The summed E-state index contributed by atoms with van der Waals surface area (Å²) in [7, 11) is 1.60. The topological polar surface area (TPSA) is 77.7 Å². The van der Waals surface area contributed by atoms with Crippen LogP contribution in [-0.2, 0) is 11.2 Å². The number of thiazole rings is 1. The highest BCUT2D eigenvalue weighted by Crippen LogP contribution is 2.38. The van der Waals surface area contributed by atoms with Crippen LogP contribution < -0.4 is 10.5 Å². The van der Waals surface area contributed by atoms with Crippen molar-refractivity contribution in [2.45, 2.75) is 65.6 Å². The van der Waals surface area contributed by atoms with Crippen molar-refractivity contribution in [1.82, 2.24) is 9.88 Å². The zero-order chi connectivity index (χ0) is 20.4. The zero-order valence-electron chi connectivity index (χ0n) is 17.1. The molecule has 2 rings (SSSR count). The molecule has 0 aromatic carbocycles. The van der Waals surface area contributed by atoms with Gasteiger partial charge in [-0.2, -0.15) is 4.98 Å². The van der Waals surface area contributed by atoms with Crippen LogP contribution in [0.4, 0.5) is 4.79 Å². The normalized spacial score (nSPS) is 22.0. The van der Waals surface area contributed by atoms with E-state index in [-0.39, 0.29) is 12.3 Å². The lowest BCUT2D eigenvalue weighted by atomic mass is 9.75. The number of likely N-dealkylation sites (tertiary alicyclic amines) is 1. The average Bonchev–Trinajstić information content (AvgIpc) is 2.90. The maximum absolute atomic E-state index is 12.4. The maximum Gasteiger partial charge on any atom is 0.411 e. The lowest BCUT2D eigenvalue weighted by Crippen LogP contribution is -2.53. The number of halogens is 1. The van der Waals surface area contributed by atoms with Gasteiger partial charge in [-0.05, 0) is 57.8 Å². The number of carbonyl (C=O) groups is 1. The summed E-state index contributed by atoms with van der Waals surface area (Å²) in [5.41, 5.74) is 5.83. The van der Waals surface area contributed by atoms with E-state index < -0.39 is 5.60 Å². The Morgan fingerprint density at radius 2 is 2.11 bits per heavy atom. The fourth-order valence-electron chi connectivity index (χ4n) is 3.65. The van der Waals surface area contributed by atoms with Gasteiger partial charge in [0.05, 0.1) is 13.3 Å². The third-order valence-electron chi connectivity index (χ3n) is 5.00. The summed E-state index contributed by atoms with van der Waals surface area (Å²) in [5, 5.41) is 1.12. The minimum absolute atomic E-state index is 0.327. The number of nitrogens with zero attached hydrogens (tertiary/aromatic N) is 2. The highest BCUT2D eigenvalue weighted by molar-refractivity contribution is 7.13. The molecule has 2 N–H and O–H groups in total. The van der Waals surface area contributed by atoms with Gasteiger partial charge < -0.3 is 15.2 Å². The van der Waals surface area contributed by atoms with E-state index in [2.05, 4.69) is 18.8 Å². The Labute approximate surface area is 171 Å². The monoisotopic (exact) mass is 417 g/mol. The molecule has 0 radical (unpaired) electrons. The Bertz CT molecular complexity index is 645. The van der Waals surface area contributed by atoms with Crippen molar-refractivity contribution in [2.75, 3.05) is 13.7 Å². The number of ether oxygens (including phenoxy) is 2. The molecule has 1 aromatic heterocycles. The molecule has 8 heteroatoms. The van der Waals surface area contributed by atoms with Crippen LogP contribution in [0.5, 0.6) is 5.19 Å². The third kappa shape index (κ3) is 5.96. The summed E-state index contributed by atoms with van der Waals surface area (Å²) < 4.78 is 10.7. The van der Waals surface area contributed by atoms with Crippen molar-refractivity contribution in [3.05, 3.63) is 10.0 Å². The predicted molar refractivity (Wildman–Crippen MR) is 109 cm³/mol. The minimum atomic E-state index is -0.518.